The van der Waals surface area contributed by atoms with Crippen LogP contribution in [0.3, 0.4) is 0 Å². The zero-order valence-corrected chi connectivity index (χ0v) is 12.4. The highest BCUT2D eigenvalue weighted by atomic mass is 16.2. The molecule has 1 amide bonds. The number of carbonyl (C=O) groups excluding carboxylic acids is 1. The SMILES string of the molecule is Cc1nc(C(=O)N2CCC[C@@H]2Cn2cccn2)ccc1C#N. The van der Waals surface area contributed by atoms with Gasteiger partial charge in [-0.3, -0.25) is 9.48 Å². The van der Waals surface area contributed by atoms with E-state index < -0.39 is 0 Å². The van der Waals surface area contributed by atoms with Gasteiger partial charge in [0.2, 0.25) is 0 Å². The van der Waals surface area contributed by atoms with Crippen molar-refractivity contribution in [2.24, 2.45) is 0 Å². The molecule has 6 nitrogen and oxygen atoms in total. The summed E-state index contributed by atoms with van der Waals surface area (Å²) in [6, 6.07) is 7.39. The molecule has 1 saturated heterocycles. The van der Waals surface area contributed by atoms with Gasteiger partial charge in [-0.1, -0.05) is 0 Å². The molecule has 0 unspecified atom stereocenters. The fourth-order valence-corrected chi connectivity index (χ4v) is 2.86. The molecule has 6 heteroatoms. The van der Waals surface area contributed by atoms with Crippen LogP contribution >= 0.6 is 0 Å². The fraction of sp³-hybridized carbons (Fsp3) is 0.375. The zero-order valence-electron chi connectivity index (χ0n) is 12.4. The van der Waals surface area contributed by atoms with Crippen LogP contribution in [0.25, 0.3) is 0 Å². The van der Waals surface area contributed by atoms with Crippen LogP contribution in [0.2, 0.25) is 0 Å². The molecule has 0 aliphatic carbocycles. The number of hydrogen-bond acceptors (Lipinski definition) is 4. The van der Waals surface area contributed by atoms with Crippen molar-refractivity contribution >= 4 is 5.91 Å². The summed E-state index contributed by atoms with van der Waals surface area (Å²) in [4.78, 5) is 18.8. The number of nitriles is 1. The third kappa shape index (κ3) is 2.70. The number of amides is 1. The summed E-state index contributed by atoms with van der Waals surface area (Å²) < 4.78 is 1.85. The van der Waals surface area contributed by atoms with Gasteiger partial charge in [0.25, 0.3) is 5.91 Å². The first kappa shape index (κ1) is 14.3. The minimum absolute atomic E-state index is 0.0674. The van der Waals surface area contributed by atoms with Crippen molar-refractivity contribution in [2.45, 2.75) is 32.4 Å². The number of aryl methyl sites for hydroxylation is 1. The quantitative estimate of drug-likeness (QED) is 0.864. The molecule has 1 aliphatic rings. The normalized spacial score (nSPS) is 17.5. The molecule has 1 aliphatic heterocycles. The first-order chi connectivity index (χ1) is 10.7. The topological polar surface area (TPSA) is 74.8 Å². The van der Waals surface area contributed by atoms with Crippen LogP contribution < -0.4 is 0 Å². The van der Waals surface area contributed by atoms with Gasteiger partial charge in [0.05, 0.1) is 23.8 Å². The van der Waals surface area contributed by atoms with Gasteiger partial charge < -0.3 is 4.90 Å². The molecule has 112 valence electrons. The van der Waals surface area contributed by atoms with Crippen molar-refractivity contribution in [1.82, 2.24) is 19.7 Å². The predicted octanol–water partition coefficient (Wildman–Crippen LogP) is 1.76. The summed E-state index contributed by atoms with van der Waals surface area (Å²) in [6.07, 6.45) is 5.62. The molecule has 0 saturated carbocycles. The average Bonchev–Trinajstić information content (AvgIpc) is 3.18. The van der Waals surface area contributed by atoms with Crippen molar-refractivity contribution in [3.63, 3.8) is 0 Å². The van der Waals surface area contributed by atoms with E-state index in [1.54, 1.807) is 25.3 Å². The average molecular weight is 295 g/mol. The first-order valence-corrected chi connectivity index (χ1v) is 7.35. The van der Waals surface area contributed by atoms with Gasteiger partial charge in [0.1, 0.15) is 11.8 Å². The van der Waals surface area contributed by atoms with Crippen LogP contribution in [0.15, 0.2) is 30.6 Å². The molecule has 1 fully saturated rings. The second-order valence-electron chi connectivity index (χ2n) is 5.46. The maximum atomic E-state index is 12.7. The van der Waals surface area contributed by atoms with Crippen LogP contribution in [-0.2, 0) is 6.54 Å². The van der Waals surface area contributed by atoms with Crippen molar-refractivity contribution in [1.29, 1.82) is 5.26 Å². The maximum absolute atomic E-state index is 12.7. The molecule has 0 bridgehead atoms. The van der Waals surface area contributed by atoms with Gasteiger partial charge in [-0.25, -0.2) is 4.98 Å². The Morgan fingerprint density at radius 2 is 2.36 bits per heavy atom. The maximum Gasteiger partial charge on any atom is 0.272 e. The lowest BCUT2D eigenvalue weighted by Gasteiger charge is -2.24. The minimum atomic E-state index is -0.0674. The predicted molar refractivity (Wildman–Crippen MR) is 80.0 cm³/mol. The summed E-state index contributed by atoms with van der Waals surface area (Å²) in [6.45, 7) is 3.19. The number of pyridine rings is 1. The van der Waals surface area contributed by atoms with Crippen molar-refractivity contribution in [3.05, 3.63) is 47.5 Å². The smallest absolute Gasteiger partial charge is 0.272 e. The third-order valence-corrected chi connectivity index (χ3v) is 4.02. The van der Waals surface area contributed by atoms with Gasteiger partial charge in [-0.2, -0.15) is 10.4 Å². The van der Waals surface area contributed by atoms with E-state index in [0.29, 0.717) is 23.5 Å². The zero-order chi connectivity index (χ0) is 15.5. The Morgan fingerprint density at radius 1 is 1.50 bits per heavy atom. The Labute approximate surface area is 129 Å². The molecule has 22 heavy (non-hydrogen) atoms. The number of hydrogen-bond donors (Lipinski definition) is 0. The molecule has 0 aromatic carbocycles. The molecule has 3 heterocycles. The van der Waals surface area contributed by atoms with Crippen LogP contribution in [0.5, 0.6) is 0 Å². The fourth-order valence-electron chi connectivity index (χ4n) is 2.86. The number of rotatable bonds is 3. The Hall–Kier alpha value is -2.68. The van der Waals surface area contributed by atoms with E-state index in [1.807, 2.05) is 21.8 Å². The van der Waals surface area contributed by atoms with Crippen molar-refractivity contribution < 1.29 is 4.79 Å². The largest absolute Gasteiger partial charge is 0.332 e. The minimum Gasteiger partial charge on any atom is -0.332 e. The van der Waals surface area contributed by atoms with E-state index in [4.69, 9.17) is 5.26 Å². The van der Waals surface area contributed by atoms with Crippen molar-refractivity contribution in [2.75, 3.05) is 6.54 Å². The van der Waals surface area contributed by atoms with Gasteiger partial charge >= 0.3 is 0 Å². The molecule has 1 atom stereocenters. The summed E-state index contributed by atoms with van der Waals surface area (Å²) >= 11 is 0. The lowest BCUT2D eigenvalue weighted by molar-refractivity contribution is 0.0715. The highest BCUT2D eigenvalue weighted by molar-refractivity contribution is 5.92. The molecule has 0 N–H and O–H groups in total. The van der Waals surface area contributed by atoms with Gasteiger partial charge in [0.15, 0.2) is 0 Å². The summed E-state index contributed by atoms with van der Waals surface area (Å²) in [5, 5.41) is 13.2. The van der Waals surface area contributed by atoms with Gasteiger partial charge in [-0.05, 0) is 38.0 Å². The lowest BCUT2D eigenvalue weighted by Crippen LogP contribution is -2.38. The van der Waals surface area contributed by atoms with Crippen LogP contribution in [0, 0.1) is 18.3 Å². The number of nitrogens with zero attached hydrogens (tertiary/aromatic N) is 5. The molecule has 2 aromatic rings. The Bertz CT molecular complexity index is 717. The van der Waals surface area contributed by atoms with E-state index in [-0.39, 0.29) is 11.9 Å². The van der Waals surface area contributed by atoms with Gasteiger partial charge in [-0.15, -0.1) is 0 Å². The molecular formula is C16H17N5O. The highest BCUT2D eigenvalue weighted by Crippen LogP contribution is 2.21. The van der Waals surface area contributed by atoms with E-state index in [9.17, 15) is 4.79 Å². The third-order valence-electron chi connectivity index (χ3n) is 4.02. The highest BCUT2D eigenvalue weighted by Gasteiger charge is 2.30. The Morgan fingerprint density at radius 3 is 3.05 bits per heavy atom. The second kappa shape index (κ2) is 5.98. The van der Waals surface area contributed by atoms with Crippen LogP contribution in [0.1, 0.15) is 34.6 Å². The van der Waals surface area contributed by atoms with E-state index in [1.165, 1.54) is 0 Å². The van der Waals surface area contributed by atoms with E-state index in [0.717, 1.165) is 19.4 Å². The summed E-state index contributed by atoms with van der Waals surface area (Å²) in [5.41, 5.74) is 1.51. The van der Waals surface area contributed by atoms with E-state index in [2.05, 4.69) is 16.2 Å². The Kier molecular flexibility index (Phi) is 3.88. The first-order valence-electron chi connectivity index (χ1n) is 7.35. The molecule has 0 radical (unpaired) electrons. The molecule has 0 spiro atoms. The number of carbonyl (C=O) groups is 1. The monoisotopic (exact) mass is 295 g/mol. The second-order valence-corrected chi connectivity index (χ2v) is 5.46. The number of aromatic nitrogens is 3. The molecular weight excluding hydrogens is 278 g/mol. The molecule has 2 aromatic heterocycles. The number of likely N-dealkylation sites (tertiary alicyclic amines) is 1. The Balaban J connectivity index is 1.78. The van der Waals surface area contributed by atoms with E-state index >= 15 is 0 Å². The standard InChI is InChI=1S/C16H17N5O/c1-12-13(10-17)5-6-15(19-12)16(22)21-9-2-4-14(21)11-20-8-3-7-18-20/h3,5-8,14H,2,4,9,11H2,1H3/t14-/m1/s1. The van der Waals surface area contributed by atoms with Crippen LogP contribution in [-0.4, -0.2) is 38.2 Å². The molecule has 3 rings (SSSR count). The summed E-state index contributed by atoms with van der Waals surface area (Å²) in [5.74, 6) is -0.0674. The van der Waals surface area contributed by atoms with Crippen LogP contribution in [0.4, 0.5) is 0 Å². The van der Waals surface area contributed by atoms with Gasteiger partial charge in [0, 0.05) is 18.9 Å². The summed E-state index contributed by atoms with van der Waals surface area (Å²) in [7, 11) is 0. The lowest BCUT2D eigenvalue weighted by atomic mass is 10.2. The van der Waals surface area contributed by atoms with Crippen molar-refractivity contribution in [3.8, 4) is 6.07 Å².